The summed E-state index contributed by atoms with van der Waals surface area (Å²) in [6.45, 7) is 2.76. The summed E-state index contributed by atoms with van der Waals surface area (Å²) in [5, 5.41) is 6.76. The molecule has 2 aromatic heterocycles. The number of nitrogens with two attached hydrogens (primary N) is 1. The highest BCUT2D eigenvalue weighted by Gasteiger charge is 2.11. The molecule has 5 heteroatoms. The highest BCUT2D eigenvalue weighted by molar-refractivity contribution is 5.13. The fourth-order valence-electron chi connectivity index (χ4n) is 1.67. The topological polar surface area (TPSA) is 72.5 Å². The summed E-state index contributed by atoms with van der Waals surface area (Å²) in [5.41, 5.74) is 7.85. The highest BCUT2D eigenvalue weighted by atomic mass is 15.1. The number of aromatic nitrogens is 4. The molecule has 5 nitrogen and oxygen atoms in total. The van der Waals surface area contributed by atoms with Crippen LogP contribution in [0.4, 0.5) is 0 Å². The fraction of sp³-hybridized carbons (Fsp3) is 0.400. The Labute approximate surface area is 88.3 Å². The second-order valence-electron chi connectivity index (χ2n) is 3.54. The molecule has 15 heavy (non-hydrogen) atoms. The van der Waals surface area contributed by atoms with E-state index in [-0.39, 0.29) is 6.04 Å². The van der Waals surface area contributed by atoms with E-state index in [1.54, 1.807) is 0 Å². The second-order valence-corrected chi connectivity index (χ2v) is 3.54. The van der Waals surface area contributed by atoms with Gasteiger partial charge >= 0.3 is 0 Å². The molecule has 0 radical (unpaired) electrons. The maximum atomic E-state index is 5.55. The quantitative estimate of drug-likeness (QED) is 0.772. The van der Waals surface area contributed by atoms with Gasteiger partial charge in [-0.3, -0.25) is 5.10 Å². The fourth-order valence-corrected chi connectivity index (χ4v) is 1.67. The Bertz CT molecular complexity index is 403. The molecule has 2 heterocycles. The van der Waals surface area contributed by atoms with E-state index in [1.165, 1.54) is 0 Å². The molecule has 1 atom stereocenters. The Hall–Kier alpha value is -1.62. The Balaban J connectivity index is 2.25. The van der Waals surface area contributed by atoms with Crippen molar-refractivity contribution in [2.24, 2.45) is 5.73 Å². The Kier molecular flexibility index (Phi) is 2.82. The maximum absolute atomic E-state index is 5.55. The average molecular weight is 205 g/mol. The first-order valence-corrected chi connectivity index (χ1v) is 5.02. The summed E-state index contributed by atoms with van der Waals surface area (Å²) in [7, 11) is 0. The zero-order chi connectivity index (χ0) is 10.7. The van der Waals surface area contributed by atoms with Crippen LogP contribution in [0.25, 0.3) is 0 Å². The van der Waals surface area contributed by atoms with Gasteiger partial charge < -0.3 is 10.3 Å². The number of rotatable bonds is 4. The summed E-state index contributed by atoms with van der Waals surface area (Å²) >= 11 is 0. The largest absolute Gasteiger partial charge is 0.330 e. The van der Waals surface area contributed by atoms with Gasteiger partial charge in [-0.2, -0.15) is 5.10 Å². The van der Waals surface area contributed by atoms with Crippen LogP contribution in [0.1, 0.15) is 24.2 Å². The van der Waals surface area contributed by atoms with E-state index in [0.717, 1.165) is 17.7 Å². The lowest BCUT2D eigenvalue weighted by Gasteiger charge is -2.14. The monoisotopic (exact) mass is 205 g/mol. The molecule has 0 spiro atoms. The highest BCUT2D eigenvalue weighted by Crippen LogP contribution is 2.18. The summed E-state index contributed by atoms with van der Waals surface area (Å²) in [5.74, 6) is 0. The van der Waals surface area contributed by atoms with Gasteiger partial charge in [-0.15, -0.1) is 0 Å². The minimum Gasteiger partial charge on any atom is -0.330 e. The Morgan fingerprint density at radius 2 is 2.40 bits per heavy atom. The molecule has 0 fully saturated rings. The van der Waals surface area contributed by atoms with Crippen molar-refractivity contribution in [1.29, 1.82) is 0 Å². The average Bonchev–Trinajstić information content (AvgIpc) is 2.87. The molecule has 0 saturated carbocycles. The Morgan fingerprint density at radius 1 is 1.53 bits per heavy atom. The number of nitrogens with zero attached hydrogens (tertiary/aromatic N) is 3. The van der Waals surface area contributed by atoms with Gasteiger partial charge in [0, 0.05) is 30.1 Å². The zero-order valence-corrected chi connectivity index (χ0v) is 8.72. The van der Waals surface area contributed by atoms with Gasteiger partial charge in [0.15, 0.2) is 0 Å². The lowest BCUT2D eigenvalue weighted by molar-refractivity contribution is 0.607. The van der Waals surface area contributed by atoms with Crippen molar-refractivity contribution in [3.05, 3.63) is 36.2 Å². The van der Waals surface area contributed by atoms with Crippen LogP contribution in [0.5, 0.6) is 0 Å². The van der Waals surface area contributed by atoms with Crippen LogP contribution in [0.2, 0.25) is 0 Å². The molecular formula is C10H15N5. The molecule has 0 aromatic carbocycles. The van der Waals surface area contributed by atoms with E-state index in [0.29, 0.717) is 6.54 Å². The van der Waals surface area contributed by atoms with Gasteiger partial charge in [0.2, 0.25) is 0 Å². The number of nitrogens with one attached hydrogen (secondary N) is 1. The first-order valence-electron chi connectivity index (χ1n) is 5.02. The van der Waals surface area contributed by atoms with Crippen LogP contribution in [0.15, 0.2) is 24.9 Å². The number of imidazole rings is 1. The molecule has 2 aromatic rings. The predicted octanol–water partition coefficient (Wildman–Crippen LogP) is 0.717. The van der Waals surface area contributed by atoms with E-state index in [1.807, 2.05) is 24.9 Å². The summed E-state index contributed by atoms with van der Waals surface area (Å²) < 4.78 is 2.12. The van der Waals surface area contributed by atoms with E-state index >= 15 is 0 Å². The van der Waals surface area contributed by atoms with Gasteiger partial charge in [-0.1, -0.05) is 0 Å². The number of hydrogen-bond donors (Lipinski definition) is 2. The van der Waals surface area contributed by atoms with Crippen LogP contribution >= 0.6 is 0 Å². The van der Waals surface area contributed by atoms with Crippen molar-refractivity contribution < 1.29 is 0 Å². The molecule has 0 amide bonds. The standard InChI is InChI=1S/C10H15N5/c1-8(9-4-13-14-5-9)15-7-12-6-10(15)2-3-11/h4-8H,2-3,11H2,1H3,(H,13,14). The van der Waals surface area contributed by atoms with Crippen molar-refractivity contribution >= 4 is 0 Å². The molecule has 0 bridgehead atoms. The van der Waals surface area contributed by atoms with Crippen LogP contribution < -0.4 is 5.73 Å². The molecule has 2 rings (SSSR count). The van der Waals surface area contributed by atoms with Gasteiger partial charge in [0.25, 0.3) is 0 Å². The number of hydrogen-bond acceptors (Lipinski definition) is 3. The van der Waals surface area contributed by atoms with Crippen LogP contribution in [0, 0.1) is 0 Å². The molecule has 0 saturated heterocycles. The van der Waals surface area contributed by atoms with Crippen LogP contribution in [-0.2, 0) is 6.42 Å². The van der Waals surface area contributed by atoms with E-state index < -0.39 is 0 Å². The maximum Gasteiger partial charge on any atom is 0.0953 e. The van der Waals surface area contributed by atoms with Crippen LogP contribution in [-0.4, -0.2) is 26.3 Å². The molecule has 0 aliphatic rings. The first kappa shape index (κ1) is 9.92. The second kappa shape index (κ2) is 4.27. The van der Waals surface area contributed by atoms with Crippen molar-refractivity contribution in [2.45, 2.75) is 19.4 Å². The summed E-state index contributed by atoms with van der Waals surface area (Å²) in [6.07, 6.45) is 8.28. The number of H-pyrrole nitrogens is 1. The van der Waals surface area contributed by atoms with Crippen molar-refractivity contribution in [1.82, 2.24) is 19.7 Å². The van der Waals surface area contributed by atoms with Gasteiger partial charge in [0.05, 0.1) is 18.6 Å². The van der Waals surface area contributed by atoms with E-state index in [4.69, 9.17) is 5.73 Å². The molecular weight excluding hydrogens is 190 g/mol. The van der Waals surface area contributed by atoms with Gasteiger partial charge in [-0.25, -0.2) is 4.98 Å². The van der Waals surface area contributed by atoms with Crippen molar-refractivity contribution in [2.75, 3.05) is 6.54 Å². The third-order valence-corrected chi connectivity index (χ3v) is 2.57. The Morgan fingerprint density at radius 3 is 3.07 bits per heavy atom. The third kappa shape index (κ3) is 1.92. The zero-order valence-electron chi connectivity index (χ0n) is 8.72. The predicted molar refractivity (Wildman–Crippen MR) is 57.4 cm³/mol. The smallest absolute Gasteiger partial charge is 0.0953 e. The minimum atomic E-state index is 0.243. The third-order valence-electron chi connectivity index (χ3n) is 2.57. The van der Waals surface area contributed by atoms with Crippen molar-refractivity contribution in [3.63, 3.8) is 0 Å². The van der Waals surface area contributed by atoms with Crippen LogP contribution in [0.3, 0.4) is 0 Å². The summed E-state index contributed by atoms with van der Waals surface area (Å²) in [4.78, 5) is 4.15. The molecule has 80 valence electrons. The van der Waals surface area contributed by atoms with E-state index in [9.17, 15) is 0 Å². The van der Waals surface area contributed by atoms with E-state index in [2.05, 4.69) is 26.7 Å². The molecule has 0 aliphatic carbocycles. The SMILES string of the molecule is CC(c1cn[nH]c1)n1cncc1CCN. The molecule has 3 N–H and O–H groups in total. The number of aromatic amines is 1. The van der Waals surface area contributed by atoms with Crippen molar-refractivity contribution in [3.8, 4) is 0 Å². The summed E-state index contributed by atoms with van der Waals surface area (Å²) in [6, 6.07) is 0.243. The van der Waals surface area contributed by atoms with Gasteiger partial charge in [0.1, 0.15) is 0 Å². The lowest BCUT2D eigenvalue weighted by Crippen LogP contribution is -2.12. The minimum absolute atomic E-state index is 0.243. The first-order chi connectivity index (χ1) is 7.33. The molecule has 1 unspecified atom stereocenters. The normalized spacial score (nSPS) is 12.9. The lowest BCUT2D eigenvalue weighted by atomic mass is 10.2. The van der Waals surface area contributed by atoms with Gasteiger partial charge in [-0.05, 0) is 13.5 Å². The molecule has 0 aliphatic heterocycles.